The molecule has 0 unspecified atom stereocenters. The fraction of sp³-hybridized carbons (Fsp3) is 0.455. The molecule has 0 amide bonds. The van der Waals surface area contributed by atoms with E-state index in [1.54, 1.807) is 0 Å². The Kier molecular flexibility index (Phi) is 3.59. The molecule has 1 fully saturated rings. The normalized spacial score (nSPS) is 25.7. The SMILES string of the molecule is O[C@@H]1COC[C@@H]1NCc1ccc(Cl)cc1. The highest BCUT2D eigenvalue weighted by atomic mass is 35.5. The first-order chi connectivity index (χ1) is 7.25. The predicted molar refractivity (Wildman–Crippen MR) is 58.9 cm³/mol. The molecule has 2 N–H and O–H groups in total. The van der Waals surface area contributed by atoms with E-state index >= 15 is 0 Å². The topological polar surface area (TPSA) is 41.5 Å². The maximum Gasteiger partial charge on any atom is 0.0948 e. The van der Waals surface area contributed by atoms with Gasteiger partial charge in [0.05, 0.1) is 25.4 Å². The van der Waals surface area contributed by atoms with Crippen molar-refractivity contribution < 1.29 is 9.84 Å². The molecule has 0 radical (unpaired) electrons. The first-order valence-corrected chi connectivity index (χ1v) is 5.37. The number of hydrogen-bond donors (Lipinski definition) is 2. The molecule has 2 atom stereocenters. The Morgan fingerprint density at radius 1 is 1.33 bits per heavy atom. The summed E-state index contributed by atoms with van der Waals surface area (Å²) in [5, 5.41) is 13.5. The van der Waals surface area contributed by atoms with Gasteiger partial charge >= 0.3 is 0 Å². The number of rotatable bonds is 3. The lowest BCUT2D eigenvalue weighted by Gasteiger charge is -2.14. The van der Waals surface area contributed by atoms with Crippen LogP contribution in [-0.2, 0) is 11.3 Å². The Morgan fingerprint density at radius 3 is 2.67 bits per heavy atom. The molecular weight excluding hydrogens is 214 g/mol. The molecule has 0 aliphatic carbocycles. The van der Waals surface area contributed by atoms with E-state index in [0.717, 1.165) is 17.1 Å². The second-order valence-corrected chi connectivity index (χ2v) is 4.16. The molecule has 2 rings (SSSR count). The van der Waals surface area contributed by atoms with E-state index in [4.69, 9.17) is 16.3 Å². The van der Waals surface area contributed by atoms with Crippen LogP contribution < -0.4 is 5.32 Å². The minimum Gasteiger partial charge on any atom is -0.389 e. The van der Waals surface area contributed by atoms with Crippen LogP contribution in [-0.4, -0.2) is 30.5 Å². The zero-order valence-electron chi connectivity index (χ0n) is 8.32. The lowest BCUT2D eigenvalue weighted by molar-refractivity contribution is 0.122. The highest BCUT2D eigenvalue weighted by Gasteiger charge is 2.25. The Morgan fingerprint density at radius 2 is 2.07 bits per heavy atom. The van der Waals surface area contributed by atoms with E-state index in [1.807, 2.05) is 24.3 Å². The van der Waals surface area contributed by atoms with E-state index < -0.39 is 6.10 Å². The number of aliphatic hydroxyl groups excluding tert-OH is 1. The molecule has 82 valence electrons. The van der Waals surface area contributed by atoms with Crippen molar-refractivity contribution in [2.24, 2.45) is 0 Å². The van der Waals surface area contributed by atoms with E-state index in [2.05, 4.69) is 5.32 Å². The van der Waals surface area contributed by atoms with Gasteiger partial charge in [-0.15, -0.1) is 0 Å². The van der Waals surface area contributed by atoms with Crippen LogP contribution in [0.25, 0.3) is 0 Å². The van der Waals surface area contributed by atoms with E-state index in [1.165, 1.54) is 0 Å². The molecule has 15 heavy (non-hydrogen) atoms. The summed E-state index contributed by atoms with van der Waals surface area (Å²) in [5.41, 5.74) is 1.15. The van der Waals surface area contributed by atoms with Crippen molar-refractivity contribution in [3.63, 3.8) is 0 Å². The number of nitrogens with one attached hydrogen (secondary N) is 1. The summed E-state index contributed by atoms with van der Waals surface area (Å²) in [6, 6.07) is 7.70. The fourth-order valence-corrected chi connectivity index (χ4v) is 1.72. The second-order valence-electron chi connectivity index (χ2n) is 3.72. The molecule has 1 aromatic carbocycles. The van der Waals surface area contributed by atoms with Gasteiger partial charge in [-0.3, -0.25) is 0 Å². The Bertz CT molecular complexity index is 315. The summed E-state index contributed by atoms with van der Waals surface area (Å²) in [4.78, 5) is 0. The van der Waals surface area contributed by atoms with Crippen LogP contribution in [0, 0.1) is 0 Å². The fourth-order valence-electron chi connectivity index (χ4n) is 1.59. The molecule has 0 bridgehead atoms. The minimum absolute atomic E-state index is 0.0423. The molecule has 1 aromatic rings. The number of hydrogen-bond acceptors (Lipinski definition) is 3. The molecule has 1 heterocycles. The van der Waals surface area contributed by atoms with Gasteiger partial charge in [0.2, 0.25) is 0 Å². The molecule has 1 aliphatic rings. The first kappa shape index (κ1) is 10.9. The van der Waals surface area contributed by atoms with Gasteiger partial charge in [0.25, 0.3) is 0 Å². The first-order valence-electron chi connectivity index (χ1n) is 4.99. The number of halogens is 1. The van der Waals surface area contributed by atoms with Crippen molar-refractivity contribution in [1.82, 2.24) is 5.32 Å². The lowest BCUT2D eigenvalue weighted by Crippen LogP contribution is -2.38. The standard InChI is InChI=1S/C11H14ClNO2/c12-9-3-1-8(2-4-9)5-13-10-6-15-7-11(10)14/h1-4,10-11,13-14H,5-7H2/t10-,11+/m0/s1. The summed E-state index contributed by atoms with van der Waals surface area (Å²) >= 11 is 5.78. The van der Waals surface area contributed by atoms with Gasteiger partial charge in [-0.05, 0) is 17.7 Å². The maximum atomic E-state index is 9.50. The zero-order chi connectivity index (χ0) is 10.7. The highest BCUT2D eigenvalue weighted by Crippen LogP contribution is 2.10. The van der Waals surface area contributed by atoms with Gasteiger partial charge in [-0.25, -0.2) is 0 Å². The third-order valence-electron chi connectivity index (χ3n) is 2.53. The number of aliphatic hydroxyl groups is 1. The summed E-state index contributed by atoms with van der Waals surface area (Å²) in [5.74, 6) is 0. The molecule has 0 saturated carbocycles. The van der Waals surface area contributed by atoms with Gasteiger partial charge in [-0.2, -0.15) is 0 Å². The quantitative estimate of drug-likeness (QED) is 0.815. The molecule has 0 spiro atoms. The minimum atomic E-state index is -0.391. The van der Waals surface area contributed by atoms with E-state index in [9.17, 15) is 5.11 Å². The molecule has 0 aromatic heterocycles. The van der Waals surface area contributed by atoms with Crippen LogP contribution in [0.2, 0.25) is 5.02 Å². The van der Waals surface area contributed by atoms with Crippen molar-refractivity contribution in [1.29, 1.82) is 0 Å². The third-order valence-corrected chi connectivity index (χ3v) is 2.78. The van der Waals surface area contributed by atoms with Crippen LogP contribution in [0.1, 0.15) is 5.56 Å². The summed E-state index contributed by atoms with van der Waals surface area (Å²) in [6.45, 7) is 1.73. The summed E-state index contributed by atoms with van der Waals surface area (Å²) in [7, 11) is 0. The average Bonchev–Trinajstić information content (AvgIpc) is 2.63. The smallest absolute Gasteiger partial charge is 0.0948 e. The highest BCUT2D eigenvalue weighted by molar-refractivity contribution is 6.30. The maximum absolute atomic E-state index is 9.50. The number of benzene rings is 1. The van der Waals surface area contributed by atoms with Crippen molar-refractivity contribution in [3.05, 3.63) is 34.9 Å². The molecule has 1 aliphatic heterocycles. The van der Waals surface area contributed by atoms with Crippen molar-refractivity contribution >= 4 is 11.6 Å². The van der Waals surface area contributed by atoms with Crippen molar-refractivity contribution in [2.45, 2.75) is 18.7 Å². The second kappa shape index (κ2) is 4.94. The average molecular weight is 228 g/mol. The van der Waals surface area contributed by atoms with Gasteiger partial charge in [-0.1, -0.05) is 23.7 Å². The van der Waals surface area contributed by atoms with Gasteiger partial charge in [0, 0.05) is 11.6 Å². The van der Waals surface area contributed by atoms with Gasteiger partial charge < -0.3 is 15.2 Å². The molecule has 3 nitrogen and oxygen atoms in total. The van der Waals surface area contributed by atoms with Crippen LogP contribution >= 0.6 is 11.6 Å². The van der Waals surface area contributed by atoms with Crippen LogP contribution in [0.3, 0.4) is 0 Å². The largest absolute Gasteiger partial charge is 0.389 e. The predicted octanol–water partition coefficient (Wildman–Crippen LogP) is 1.19. The van der Waals surface area contributed by atoms with Crippen molar-refractivity contribution in [2.75, 3.05) is 13.2 Å². The lowest BCUT2D eigenvalue weighted by atomic mass is 10.2. The monoisotopic (exact) mass is 227 g/mol. The van der Waals surface area contributed by atoms with Crippen molar-refractivity contribution in [3.8, 4) is 0 Å². The summed E-state index contributed by atoms with van der Waals surface area (Å²) in [6.07, 6.45) is -0.391. The van der Waals surface area contributed by atoms with Crippen LogP contribution in [0.4, 0.5) is 0 Å². The summed E-state index contributed by atoms with van der Waals surface area (Å²) < 4.78 is 5.14. The number of ether oxygens (including phenoxy) is 1. The van der Waals surface area contributed by atoms with Crippen LogP contribution in [0.5, 0.6) is 0 Å². The molecule has 1 saturated heterocycles. The van der Waals surface area contributed by atoms with E-state index in [-0.39, 0.29) is 6.04 Å². The van der Waals surface area contributed by atoms with E-state index in [0.29, 0.717) is 13.2 Å². The van der Waals surface area contributed by atoms with Gasteiger partial charge in [0.1, 0.15) is 0 Å². The Hall–Kier alpha value is -0.610. The Labute approximate surface area is 94.0 Å². The van der Waals surface area contributed by atoms with Gasteiger partial charge in [0.15, 0.2) is 0 Å². The Balaban J connectivity index is 1.85. The zero-order valence-corrected chi connectivity index (χ0v) is 9.07. The molecular formula is C11H14ClNO2. The molecule has 4 heteroatoms. The van der Waals surface area contributed by atoms with Crippen LogP contribution in [0.15, 0.2) is 24.3 Å². The third kappa shape index (κ3) is 2.92.